The molecule has 0 amide bonds. The summed E-state index contributed by atoms with van der Waals surface area (Å²) in [6.07, 6.45) is 0. The molecule has 76 valence electrons. The van der Waals surface area contributed by atoms with Crippen molar-refractivity contribution in [3.8, 4) is 0 Å². The molecule has 1 aliphatic heterocycles. The van der Waals surface area contributed by atoms with Crippen LogP contribution < -0.4 is 10.9 Å². The van der Waals surface area contributed by atoms with Crippen molar-refractivity contribution in [2.75, 3.05) is 0 Å². The van der Waals surface area contributed by atoms with Gasteiger partial charge < -0.3 is 15.2 Å². The van der Waals surface area contributed by atoms with Gasteiger partial charge in [0.25, 0.3) is 0 Å². The maximum Gasteiger partial charge on any atom is 0.553 e. The van der Waals surface area contributed by atoms with E-state index >= 15 is 0 Å². The van der Waals surface area contributed by atoms with Crippen molar-refractivity contribution in [1.82, 2.24) is 10.9 Å². The molecule has 0 saturated carbocycles. The average molecular weight is 205 g/mol. The molecule has 0 fully saturated rings. The lowest BCUT2D eigenvalue weighted by Gasteiger charge is -2.04. The van der Waals surface area contributed by atoms with Crippen molar-refractivity contribution in [2.45, 2.75) is 5.79 Å². The number of hydrazine groups is 1. The van der Waals surface area contributed by atoms with Gasteiger partial charge in [0.05, 0.1) is 4.92 Å². The minimum Gasteiger partial charge on any atom is -0.472 e. The number of carboxylic acids is 1. The summed E-state index contributed by atoms with van der Waals surface area (Å²) in [6.45, 7) is 0. The highest BCUT2D eigenvalue weighted by atomic mass is 16.7. The first-order valence-corrected chi connectivity index (χ1v) is 3.05. The fourth-order valence-electron chi connectivity index (χ4n) is 0.705. The van der Waals surface area contributed by atoms with Gasteiger partial charge >= 0.3 is 17.7 Å². The van der Waals surface area contributed by atoms with Crippen molar-refractivity contribution >= 4 is 11.9 Å². The molecule has 1 rings (SSSR count). The molecule has 0 radical (unpaired) electrons. The summed E-state index contributed by atoms with van der Waals surface area (Å²) in [4.78, 5) is 31.3. The molecule has 0 saturated heterocycles. The van der Waals surface area contributed by atoms with Gasteiger partial charge in [0.1, 0.15) is 0 Å². The van der Waals surface area contributed by atoms with Crippen LogP contribution in [0.4, 0.5) is 0 Å². The number of carbonyl (C=O) groups is 1. The second kappa shape index (κ2) is 2.88. The Labute approximate surface area is 74.7 Å². The van der Waals surface area contributed by atoms with Crippen LogP contribution in [0.25, 0.3) is 0 Å². The van der Waals surface area contributed by atoms with E-state index in [0.717, 1.165) is 0 Å². The number of nitrogens with one attached hydrogen (secondary N) is 2. The van der Waals surface area contributed by atoms with Crippen molar-refractivity contribution in [3.05, 3.63) is 20.2 Å². The van der Waals surface area contributed by atoms with Crippen molar-refractivity contribution in [2.24, 2.45) is 4.99 Å². The fraction of sp³-hybridized carbons (Fsp3) is 0.333. The van der Waals surface area contributed by atoms with E-state index in [4.69, 9.17) is 5.11 Å². The van der Waals surface area contributed by atoms with Crippen LogP contribution in [0.1, 0.15) is 0 Å². The summed E-state index contributed by atoms with van der Waals surface area (Å²) < 4.78 is 0. The van der Waals surface area contributed by atoms with E-state index in [1.165, 1.54) is 0 Å². The van der Waals surface area contributed by atoms with E-state index in [-0.39, 0.29) is 0 Å². The molecule has 1 atom stereocenters. The van der Waals surface area contributed by atoms with Gasteiger partial charge in [-0.2, -0.15) is 5.43 Å². The Morgan fingerprint density at radius 1 is 1.50 bits per heavy atom. The summed E-state index contributed by atoms with van der Waals surface area (Å²) in [5.74, 6) is -5.90. The van der Waals surface area contributed by atoms with E-state index in [0.29, 0.717) is 0 Å². The summed E-state index contributed by atoms with van der Waals surface area (Å²) in [5.41, 5.74) is 3.29. The van der Waals surface area contributed by atoms with Gasteiger partial charge in [0, 0.05) is 4.99 Å². The molecule has 11 nitrogen and oxygen atoms in total. The number of nitro groups is 2. The number of aliphatic imine (C=N–C) groups is 1. The van der Waals surface area contributed by atoms with Crippen LogP contribution in [0.2, 0.25) is 0 Å². The lowest BCUT2D eigenvalue weighted by Crippen LogP contribution is -2.57. The van der Waals surface area contributed by atoms with Gasteiger partial charge in [-0.3, -0.25) is 10.1 Å². The molecule has 1 unspecified atom stereocenters. The zero-order chi connectivity index (χ0) is 10.9. The Morgan fingerprint density at radius 2 is 2.07 bits per heavy atom. The van der Waals surface area contributed by atoms with Crippen molar-refractivity contribution in [3.63, 3.8) is 0 Å². The topological polar surface area (TPSA) is 160 Å². The summed E-state index contributed by atoms with van der Waals surface area (Å²) >= 11 is 0. The minimum absolute atomic E-state index is 1.02. The van der Waals surface area contributed by atoms with E-state index in [1.807, 2.05) is 0 Å². The molecule has 1 aliphatic rings. The Bertz CT molecular complexity index is 333. The Hall–Kier alpha value is -2.30. The highest BCUT2D eigenvalue weighted by Crippen LogP contribution is 2.11. The number of rotatable bonds is 2. The molecule has 0 aromatic rings. The third kappa shape index (κ3) is 1.20. The van der Waals surface area contributed by atoms with Crippen LogP contribution in [-0.2, 0) is 4.79 Å². The Balaban J connectivity index is 3.12. The first-order valence-electron chi connectivity index (χ1n) is 3.05. The third-order valence-electron chi connectivity index (χ3n) is 1.35. The van der Waals surface area contributed by atoms with E-state index in [9.17, 15) is 25.0 Å². The summed E-state index contributed by atoms with van der Waals surface area (Å²) in [7, 11) is 0. The standard InChI is InChI=1S/C3H3N5O6/c9-1(10)3(8(13)14)4-2(5-6-3)7(11)12/h6H,(H,4,5)(H,9,10). The van der Waals surface area contributed by atoms with Crippen LogP contribution in [-0.4, -0.2) is 32.7 Å². The highest BCUT2D eigenvalue weighted by molar-refractivity contribution is 5.84. The maximum atomic E-state index is 10.5. The number of aliphatic carboxylic acids is 1. The van der Waals surface area contributed by atoms with Gasteiger partial charge in [-0.15, -0.1) is 0 Å². The minimum atomic E-state index is -2.93. The first kappa shape index (κ1) is 9.79. The van der Waals surface area contributed by atoms with E-state index < -0.39 is 27.6 Å². The molecule has 0 spiro atoms. The van der Waals surface area contributed by atoms with Crippen LogP contribution in [0.5, 0.6) is 0 Å². The fourth-order valence-corrected chi connectivity index (χ4v) is 0.705. The molecule has 11 heteroatoms. The van der Waals surface area contributed by atoms with E-state index in [2.05, 4.69) is 4.99 Å². The SMILES string of the molecule is O=C(O)C1([N+](=O)[O-])N=C([N+](=O)[O-])NN1. The molecular weight excluding hydrogens is 202 g/mol. The molecule has 0 aromatic heterocycles. The second-order valence-electron chi connectivity index (χ2n) is 2.18. The lowest BCUT2D eigenvalue weighted by atomic mass is 10.4. The van der Waals surface area contributed by atoms with Crippen LogP contribution in [0, 0.1) is 20.2 Å². The molecular formula is C3H3N5O6. The highest BCUT2D eigenvalue weighted by Gasteiger charge is 2.63. The van der Waals surface area contributed by atoms with Gasteiger partial charge in [0.15, 0.2) is 0 Å². The molecule has 0 aromatic carbocycles. The number of hydrogen-bond donors (Lipinski definition) is 3. The zero-order valence-electron chi connectivity index (χ0n) is 6.33. The van der Waals surface area contributed by atoms with Crippen LogP contribution in [0.3, 0.4) is 0 Å². The smallest absolute Gasteiger partial charge is 0.472 e. The first-order chi connectivity index (χ1) is 6.40. The lowest BCUT2D eigenvalue weighted by molar-refractivity contribution is -0.560. The van der Waals surface area contributed by atoms with Crippen molar-refractivity contribution < 1.29 is 19.7 Å². The average Bonchev–Trinajstić information content (AvgIpc) is 2.48. The predicted molar refractivity (Wildman–Crippen MR) is 38.1 cm³/mol. The molecule has 3 N–H and O–H groups in total. The maximum absolute atomic E-state index is 10.5. The largest absolute Gasteiger partial charge is 0.553 e. The molecule has 14 heavy (non-hydrogen) atoms. The number of hydrogen-bond acceptors (Lipinski definition) is 8. The van der Waals surface area contributed by atoms with Gasteiger partial charge in [-0.25, -0.2) is 4.79 Å². The number of carboxylic acid groups (broad SMARTS) is 1. The monoisotopic (exact) mass is 205 g/mol. The molecule has 1 heterocycles. The summed E-state index contributed by atoms with van der Waals surface area (Å²) in [6, 6.07) is 0. The molecule has 0 bridgehead atoms. The number of nitrogens with zero attached hydrogens (tertiary/aromatic N) is 3. The van der Waals surface area contributed by atoms with Crippen LogP contribution in [0.15, 0.2) is 4.99 Å². The molecule has 0 aliphatic carbocycles. The zero-order valence-corrected chi connectivity index (χ0v) is 6.33. The normalized spacial score (nSPS) is 25.0. The Morgan fingerprint density at radius 3 is 2.29 bits per heavy atom. The van der Waals surface area contributed by atoms with Crippen molar-refractivity contribution in [1.29, 1.82) is 0 Å². The second-order valence-corrected chi connectivity index (χ2v) is 2.18. The van der Waals surface area contributed by atoms with Gasteiger partial charge in [-0.05, 0) is 4.92 Å². The number of guanidine groups is 1. The van der Waals surface area contributed by atoms with Crippen LogP contribution >= 0.6 is 0 Å². The summed E-state index contributed by atoms with van der Waals surface area (Å²) in [5, 5.41) is 28.9. The Kier molecular flexibility index (Phi) is 2.01. The predicted octanol–water partition coefficient (Wildman–Crippen LogP) is -2.26. The van der Waals surface area contributed by atoms with Gasteiger partial charge in [0.2, 0.25) is 0 Å². The third-order valence-corrected chi connectivity index (χ3v) is 1.35. The van der Waals surface area contributed by atoms with E-state index in [1.54, 1.807) is 10.9 Å². The quantitative estimate of drug-likeness (QED) is 0.336. The van der Waals surface area contributed by atoms with Gasteiger partial charge in [-0.1, -0.05) is 5.43 Å².